The van der Waals surface area contributed by atoms with Crippen LogP contribution < -0.4 is 0 Å². The lowest BCUT2D eigenvalue weighted by atomic mass is 9.77. The maximum Gasteiger partial charge on any atom is 0.166 e. The molecule has 3 aromatic carbocycles. The number of hydrogen-bond donors (Lipinski definition) is 0. The van der Waals surface area contributed by atoms with Gasteiger partial charge in [0.15, 0.2) is 11.6 Å². The Kier molecular flexibility index (Phi) is 10.3. The lowest BCUT2D eigenvalue weighted by Gasteiger charge is -2.29. The molecule has 0 aromatic heterocycles. The molecule has 1 fully saturated rings. The van der Waals surface area contributed by atoms with Crippen LogP contribution in [-0.4, -0.2) is 0 Å². The fourth-order valence-corrected chi connectivity index (χ4v) is 5.85. The van der Waals surface area contributed by atoms with E-state index < -0.39 is 11.6 Å². The van der Waals surface area contributed by atoms with Crippen LogP contribution in [-0.2, 0) is 6.42 Å². The quantitative estimate of drug-likeness (QED) is 0.175. The first-order valence-corrected chi connectivity index (χ1v) is 14.5. The topological polar surface area (TPSA) is 0 Å². The molecule has 0 N–H and O–H groups in total. The Morgan fingerprint density at radius 2 is 1.42 bits per heavy atom. The molecule has 4 rings (SSSR count). The van der Waals surface area contributed by atoms with Crippen molar-refractivity contribution in [3.8, 4) is 22.3 Å². The molecule has 0 saturated heterocycles. The van der Waals surface area contributed by atoms with Crippen LogP contribution in [0.1, 0.15) is 95.1 Å². The molecular weight excluding hydrogens is 477 g/mol. The Labute approximate surface area is 227 Å². The summed E-state index contributed by atoms with van der Waals surface area (Å²) in [5.74, 6) is -0.567. The van der Waals surface area contributed by atoms with Gasteiger partial charge < -0.3 is 0 Å². The third-order valence-electron chi connectivity index (χ3n) is 8.18. The van der Waals surface area contributed by atoms with E-state index in [-0.39, 0.29) is 11.4 Å². The Morgan fingerprint density at radius 1 is 0.737 bits per heavy atom. The molecule has 3 heteroatoms. The Hall–Kier alpha value is -2.81. The van der Waals surface area contributed by atoms with Gasteiger partial charge in [0.05, 0.1) is 0 Å². The molecule has 0 nitrogen and oxygen atoms in total. The molecule has 0 aliphatic heterocycles. The molecule has 0 unspecified atom stereocenters. The largest absolute Gasteiger partial charge is 0.206 e. The summed E-state index contributed by atoms with van der Waals surface area (Å²) in [7, 11) is 0. The van der Waals surface area contributed by atoms with Crippen LogP contribution in [0.3, 0.4) is 0 Å². The number of halogens is 3. The minimum Gasteiger partial charge on any atom is -0.206 e. The second-order valence-corrected chi connectivity index (χ2v) is 10.8. The average Bonchev–Trinajstić information content (AvgIpc) is 2.94. The van der Waals surface area contributed by atoms with Crippen molar-refractivity contribution < 1.29 is 13.2 Å². The summed E-state index contributed by atoms with van der Waals surface area (Å²) in [5.41, 5.74) is 3.56. The monoisotopic (exact) mass is 518 g/mol. The summed E-state index contributed by atoms with van der Waals surface area (Å²) >= 11 is 0. The van der Waals surface area contributed by atoms with Gasteiger partial charge in [-0.25, -0.2) is 13.2 Å². The van der Waals surface area contributed by atoms with Gasteiger partial charge in [0, 0.05) is 11.1 Å². The summed E-state index contributed by atoms with van der Waals surface area (Å²) < 4.78 is 44.8. The zero-order valence-electron chi connectivity index (χ0n) is 22.9. The molecule has 0 heterocycles. The van der Waals surface area contributed by atoms with Crippen molar-refractivity contribution >= 4 is 0 Å². The van der Waals surface area contributed by atoms with Crippen LogP contribution in [0.25, 0.3) is 22.3 Å². The number of rotatable bonds is 11. The lowest BCUT2D eigenvalue weighted by molar-refractivity contribution is 0.302. The fourth-order valence-electron chi connectivity index (χ4n) is 5.85. The van der Waals surface area contributed by atoms with Gasteiger partial charge in [0.2, 0.25) is 0 Å². The van der Waals surface area contributed by atoms with Crippen LogP contribution in [0.4, 0.5) is 13.2 Å². The zero-order chi connectivity index (χ0) is 26.9. The molecule has 3 aromatic rings. The van der Waals surface area contributed by atoms with Crippen molar-refractivity contribution in [2.24, 2.45) is 5.92 Å². The highest BCUT2D eigenvalue weighted by molar-refractivity contribution is 5.71. The molecule has 1 saturated carbocycles. The Balaban J connectivity index is 1.42. The zero-order valence-corrected chi connectivity index (χ0v) is 22.9. The lowest BCUT2D eigenvalue weighted by Crippen LogP contribution is -2.13. The second-order valence-electron chi connectivity index (χ2n) is 10.8. The Morgan fingerprint density at radius 3 is 2.08 bits per heavy atom. The van der Waals surface area contributed by atoms with Gasteiger partial charge in [-0.15, -0.1) is 0 Å². The average molecular weight is 519 g/mol. The van der Waals surface area contributed by atoms with E-state index in [0.29, 0.717) is 35.4 Å². The molecule has 1 aliphatic rings. The van der Waals surface area contributed by atoms with Gasteiger partial charge in [0.25, 0.3) is 0 Å². The third-order valence-corrected chi connectivity index (χ3v) is 8.18. The smallest absolute Gasteiger partial charge is 0.166 e. The summed E-state index contributed by atoms with van der Waals surface area (Å²) in [6.45, 7) is 4.29. The van der Waals surface area contributed by atoms with E-state index in [0.717, 1.165) is 36.3 Å². The first kappa shape index (κ1) is 28.2. The van der Waals surface area contributed by atoms with E-state index in [1.54, 1.807) is 42.5 Å². The van der Waals surface area contributed by atoms with E-state index in [9.17, 15) is 8.78 Å². The van der Waals surface area contributed by atoms with Crippen molar-refractivity contribution in [1.29, 1.82) is 0 Å². The molecule has 0 spiro atoms. The van der Waals surface area contributed by atoms with E-state index in [2.05, 4.69) is 13.0 Å². The summed E-state index contributed by atoms with van der Waals surface area (Å²) in [5, 5.41) is 0. The van der Waals surface area contributed by atoms with Crippen LogP contribution in [0.5, 0.6) is 0 Å². The standard InChI is InChI=1S/C35H41F3/c1-3-5-7-9-11-29-20-23-32(35(38)34(29)37)28-18-16-27(17-19-28)31-22-21-30(24-33(31)36)26-14-12-25(13-15-26)10-8-6-4-2/h5,7,16-26H,3-4,6,8-15H2,1-2H3. The normalized spacial score (nSPS) is 17.8. The number of benzene rings is 3. The van der Waals surface area contributed by atoms with Crippen LogP contribution in [0.15, 0.2) is 66.7 Å². The van der Waals surface area contributed by atoms with Crippen molar-refractivity contribution in [2.75, 3.05) is 0 Å². The molecule has 1 aliphatic carbocycles. The van der Waals surface area contributed by atoms with Crippen molar-refractivity contribution in [3.63, 3.8) is 0 Å². The van der Waals surface area contributed by atoms with E-state index in [4.69, 9.17) is 0 Å². The first-order valence-electron chi connectivity index (χ1n) is 14.5. The van der Waals surface area contributed by atoms with Crippen molar-refractivity contribution in [3.05, 3.63) is 95.3 Å². The van der Waals surface area contributed by atoms with Crippen LogP contribution in [0.2, 0.25) is 0 Å². The third kappa shape index (κ3) is 6.98. The van der Waals surface area contributed by atoms with Gasteiger partial charge in [-0.1, -0.05) is 100 Å². The molecule has 202 valence electrons. The molecule has 0 bridgehead atoms. The molecule has 0 atom stereocenters. The van der Waals surface area contributed by atoms with Crippen molar-refractivity contribution in [1.82, 2.24) is 0 Å². The van der Waals surface area contributed by atoms with E-state index >= 15 is 4.39 Å². The van der Waals surface area contributed by atoms with E-state index in [1.165, 1.54) is 38.5 Å². The van der Waals surface area contributed by atoms with Crippen molar-refractivity contribution in [2.45, 2.75) is 90.4 Å². The number of aryl methyl sites for hydroxylation is 1. The van der Waals surface area contributed by atoms with Gasteiger partial charge in [-0.3, -0.25) is 0 Å². The highest BCUT2D eigenvalue weighted by atomic mass is 19.2. The number of allylic oxidation sites excluding steroid dienone is 2. The van der Waals surface area contributed by atoms with Gasteiger partial charge in [0.1, 0.15) is 5.82 Å². The fraction of sp³-hybridized carbons (Fsp3) is 0.429. The van der Waals surface area contributed by atoms with Crippen LogP contribution in [0, 0.1) is 23.4 Å². The highest BCUT2D eigenvalue weighted by Crippen LogP contribution is 2.39. The molecule has 0 radical (unpaired) electrons. The van der Waals surface area contributed by atoms with E-state index in [1.807, 2.05) is 25.1 Å². The summed E-state index contributed by atoms with van der Waals surface area (Å²) in [4.78, 5) is 0. The van der Waals surface area contributed by atoms with Crippen LogP contribution >= 0.6 is 0 Å². The first-order chi connectivity index (χ1) is 18.5. The second kappa shape index (κ2) is 13.8. The highest BCUT2D eigenvalue weighted by Gasteiger charge is 2.23. The molecule has 38 heavy (non-hydrogen) atoms. The molecule has 0 amide bonds. The van der Waals surface area contributed by atoms with Gasteiger partial charge in [-0.2, -0.15) is 0 Å². The predicted octanol–water partition coefficient (Wildman–Crippen LogP) is 11.2. The SMILES string of the molecule is CCC=CCCc1ccc(-c2ccc(-c3ccc(C4CCC(CCCCC)CC4)cc3F)cc2)c(F)c1F. The minimum absolute atomic E-state index is 0.223. The maximum atomic E-state index is 15.2. The summed E-state index contributed by atoms with van der Waals surface area (Å²) in [6, 6.07) is 16.0. The summed E-state index contributed by atoms with van der Waals surface area (Å²) in [6.07, 6.45) is 16.1. The van der Waals surface area contributed by atoms with Gasteiger partial charge >= 0.3 is 0 Å². The number of hydrogen-bond acceptors (Lipinski definition) is 0. The number of unbranched alkanes of at least 4 members (excludes halogenated alkanes) is 2. The predicted molar refractivity (Wildman–Crippen MR) is 154 cm³/mol. The van der Waals surface area contributed by atoms with Gasteiger partial charge in [-0.05, 0) is 85.1 Å². The maximum absolute atomic E-state index is 15.2. The molecular formula is C35H41F3. The minimum atomic E-state index is -0.828. The Bertz CT molecular complexity index is 1200.